The first-order valence-corrected chi connectivity index (χ1v) is 5.80. The third-order valence-corrected chi connectivity index (χ3v) is 2.50. The molecule has 0 spiro atoms. The summed E-state index contributed by atoms with van der Waals surface area (Å²) in [4.78, 5) is 22.1. The highest BCUT2D eigenvalue weighted by molar-refractivity contribution is 5.96. The van der Waals surface area contributed by atoms with Crippen LogP contribution in [0.4, 0.5) is 0 Å². The quantitative estimate of drug-likeness (QED) is 0.806. The van der Waals surface area contributed by atoms with Crippen molar-refractivity contribution in [3.8, 4) is 11.5 Å². The van der Waals surface area contributed by atoms with Crippen LogP contribution in [0.5, 0.6) is 11.5 Å². The van der Waals surface area contributed by atoms with Crippen LogP contribution in [0.15, 0.2) is 24.3 Å². The van der Waals surface area contributed by atoms with Crippen LogP contribution in [-0.2, 0) is 9.59 Å². The maximum atomic E-state index is 11.3. The van der Waals surface area contributed by atoms with Crippen molar-refractivity contribution in [1.82, 2.24) is 5.32 Å². The molecule has 1 aromatic rings. The SMILES string of the molecule is CC(=O)CC(=O)NCC1COc2ccccc2O1. The van der Waals surface area contributed by atoms with E-state index in [-0.39, 0.29) is 24.2 Å². The van der Waals surface area contributed by atoms with Crippen LogP contribution in [-0.4, -0.2) is 30.9 Å². The molecule has 0 radical (unpaired) electrons. The Morgan fingerprint density at radius 1 is 1.33 bits per heavy atom. The van der Waals surface area contributed by atoms with Gasteiger partial charge in [0, 0.05) is 0 Å². The zero-order chi connectivity index (χ0) is 13.0. The first kappa shape index (κ1) is 12.4. The van der Waals surface area contributed by atoms with Gasteiger partial charge in [-0.3, -0.25) is 9.59 Å². The summed E-state index contributed by atoms with van der Waals surface area (Å²) < 4.78 is 11.2. The average Bonchev–Trinajstić information content (AvgIpc) is 2.35. The molecule has 2 rings (SSSR count). The molecule has 0 aliphatic carbocycles. The molecule has 1 aliphatic rings. The minimum absolute atomic E-state index is 0.0931. The standard InChI is InChI=1S/C13H15NO4/c1-9(15)6-13(16)14-7-10-8-17-11-4-2-3-5-12(11)18-10/h2-5,10H,6-8H2,1H3,(H,14,16). The molecule has 1 atom stereocenters. The Bertz CT molecular complexity index is 458. The van der Waals surface area contributed by atoms with Gasteiger partial charge in [-0.25, -0.2) is 0 Å². The van der Waals surface area contributed by atoms with Crippen molar-refractivity contribution in [2.45, 2.75) is 19.4 Å². The summed E-state index contributed by atoms with van der Waals surface area (Å²) >= 11 is 0. The fourth-order valence-electron chi connectivity index (χ4n) is 1.68. The lowest BCUT2D eigenvalue weighted by atomic mass is 10.2. The van der Waals surface area contributed by atoms with E-state index in [1.807, 2.05) is 24.3 Å². The van der Waals surface area contributed by atoms with Crippen LogP contribution in [0, 0.1) is 0 Å². The number of nitrogens with one attached hydrogen (secondary N) is 1. The van der Waals surface area contributed by atoms with Gasteiger partial charge in [-0.1, -0.05) is 12.1 Å². The van der Waals surface area contributed by atoms with Gasteiger partial charge in [-0.05, 0) is 19.1 Å². The number of hydrogen-bond donors (Lipinski definition) is 1. The predicted molar refractivity (Wildman–Crippen MR) is 64.7 cm³/mol. The van der Waals surface area contributed by atoms with Crippen molar-refractivity contribution < 1.29 is 19.1 Å². The van der Waals surface area contributed by atoms with Gasteiger partial charge >= 0.3 is 0 Å². The van der Waals surface area contributed by atoms with E-state index in [1.165, 1.54) is 6.92 Å². The van der Waals surface area contributed by atoms with E-state index in [0.717, 1.165) is 0 Å². The highest BCUT2D eigenvalue weighted by Crippen LogP contribution is 2.30. The highest BCUT2D eigenvalue weighted by Gasteiger charge is 2.21. The molecule has 96 valence electrons. The molecule has 0 aromatic heterocycles. The first-order chi connectivity index (χ1) is 8.65. The van der Waals surface area contributed by atoms with Crippen molar-refractivity contribution in [2.75, 3.05) is 13.2 Å². The zero-order valence-corrected chi connectivity index (χ0v) is 10.1. The molecule has 1 aliphatic heterocycles. The van der Waals surface area contributed by atoms with Gasteiger partial charge in [0.1, 0.15) is 18.5 Å². The molecule has 1 heterocycles. The number of rotatable bonds is 4. The monoisotopic (exact) mass is 249 g/mol. The van der Waals surface area contributed by atoms with Crippen molar-refractivity contribution in [2.24, 2.45) is 0 Å². The predicted octanol–water partition coefficient (Wildman–Crippen LogP) is 0.922. The second kappa shape index (κ2) is 5.53. The number of fused-ring (bicyclic) bond motifs is 1. The van der Waals surface area contributed by atoms with Crippen LogP contribution in [0.3, 0.4) is 0 Å². The summed E-state index contributed by atoms with van der Waals surface area (Å²) in [6, 6.07) is 7.38. The van der Waals surface area contributed by atoms with E-state index < -0.39 is 0 Å². The van der Waals surface area contributed by atoms with Gasteiger partial charge < -0.3 is 14.8 Å². The third kappa shape index (κ3) is 3.23. The molecule has 5 heteroatoms. The van der Waals surface area contributed by atoms with Gasteiger partial charge in [0.25, 0.3) is 0 Å². The summed E-state index contributed by atoms with van der Waals surface area (Å²) in [5, 5.41) is 2.65. The number of benzene rings is 1. The van der Waals surface area contributed by atoms with Crippen LogP contribution < -0.4 is 14.8 Å². The van der Waals surface area contributed by atoms with Gasteiger partial charge in [0.05, 0.1) is 13.0 Å². The van der Waals surface area contributed by atoms with Crippen LogP contribution in [0.1, 0.15) is 13.3 Å². The maximum absolute atomic E-state index is 11.3. The lowest BCUT2D eigenvalue weighted by Gasteiger charge is -2.26. The summed E-state index contributed by atoms with van der Waals surface area (Å²) in [6.45, 7) is 2.11. The number of carbonyl (C=O) groups is 2. The number of ether oxygens (including phenoxy) is 2. The average molecular weight is 249 g/mol. The molecule has 1 amide bonds. The zero-order valence-electron chi connectivity index (χ0n) is 10.1. The molecule has 5 nitrogen and oxygen atoms in total. The Kier molecular flexibility index (Phi) is 3.82. The second-order valence-corrected chi connectivity index (χ2v) is 4.18. The van der Waals surface area contributed by atoms with Gasteiger partial charge in [-0.2, -0.15) is 0 Å². The first-order valence-electron chi connectivity index (χ1n) is 5.80. The number of carbonyl (C=O) groups excluding carboxylic acids is 2. The number of ketones is 1. The van der Waals surface area contributed by atoms with E-state index in [0.29, 0.717) is 24.7 Å². The van der Waals surface area contributed by atoms with E-state index >= 15 is 0 Å². The van der Waals surface area contributed by atoms with Gasteiger partial charge in [0.15, 0.2) is 11.5 Å². The van der Waals surface area contributed by atoms with Crippen molar-refractivity contribution in [3.63, 3.8) is 0 Å². The van der Waals surface area contributed by atoms with Crippen LogP contribution in [0.25, 0.3) is 0 Å². The van der Waals surface area contributed by atoms with Crippen molar-refractivity contribution in [1.29, 1.82) is 0 Å². The Morgan fingerprint density at radius 2 is 2.06 bits per heavy atom. The molecule has 1 unspecified atom stereocenters. The minimum Gasteiger partial charge on any atom is -0.486 e. The summed E-state index contributed by atoms with van der Waals surface area (Å²) in [7, 11) is 0. The number of para-hydroxylation sites is 2. The summed E-state index contributed by atoms with van der Waals surface area (Å²) in [5.74, 6) is 0.946. The minimum atomic E-state index is -0.287. The molecule has 0 saturated heterocycles. The fraction of sp³-hybridized carbons (Fsp3) is 0.385. The van der Waals surface area contributed by atoms with E-state index in [2.05, 4.69) is 5.32 Å². The Labute approximate surface area is 105 Å². The molecular formula is C13H15NO4. The van der Waals surface area contributed by atoms with Crippen LogP contribution in [0.2, 0.25) is 0 Å². The molecule has 1 aromatic carbocycles. The van der Waals surface area contributed by atoms with Crippen molar-refractivity contribution >= 4 is 11.7 Å². The van der Waals surface area contributed by atoms with Crippen LogP contribution >= 0.6 is 0 Å². The summed E-state index contributed by atoms with van der Waals surface area (Å²) in [5.41, 5.74) is 0. The van der Waals surface area contributed by atoms with E-state index in [9.17, 15) is 9.59 Å². The molecular weight excluding hydrogens is 234 g/mol. The fourth-order valence-corrected chi connectivity index (χ4v) is 1.68. The van der Waals surface area contributed by atoms with Crippen molar-refractivity contribution in [3.05, 3.63) is 24.3 Å². The van der Waals surface area contributed by atoms with Gasteiger partial charge in [-0.15, -0.1) is 0 Å². The molecule has 0 bridgehead atoms. The Balaban J connectivity index is 1.83. The molecule has 1 N–H and O–H groups in total. The molecule has 0 saturated carbocycles. The third-order valence-electron chi connectivity index (χ3n) is 2.50. The van der Waals surface area contributed by atoms with Gasteiger partial charge in [0.2, 0.25) is 5.91 Å². The Morgan fingerprint density at radius 3 is 2.78 bits per heavy atom. The number of hydrogen-bond acceptors (Lipinski definition) is 4. The topological polar surface area (TPSA) is 64.6 Å². The normalized spacial score (nSPS) is 17.1. The number of amides is 1. The second-order valence-electron chi connectivity index (χ2n) is 4.18. The molecule has 0 fully saturated rings. The number of Topliss-reactive ketones (excluding diaryl/α,β-unsaturated/α-hetero) is 1. The lowest BCUT2D eigenvalue weighted by molar-refractivity contribution is -0.127. The lowest BCUT2D eigenvalue weighted by Crippen LogP contribution is -2.41. The largest absolute Gasteiger partial charge is 0.486 e. The molecule has 18 heavy (non-hydrogen) atoms. The highest BCUT2D eigenvalue weighted by atomic mass is 16.6. The van der Waals surface area contributed by atoms with E-state index in [4.69, 9.17) is 9.47 Å². The maximum Gasteiger partial charge on any atom is 0.227 e. The van der Waals surface area contributed by atoms with E-state index in [1.54, 1.807) is 0 Å². The summed E-state index contributed by atoms with van der Waals surface area (Å²) in [6.07, 6.45) is -0.319. The smallest absolute Gasteiger partial charge is 0.227 e. The Hall–Kier alpha value is -2.04.